The molecule has 3 heterocycles. The number of rotatable bonds is 4. The zero-order valence-corrected chi connectivity index (χ0v) is 11.7. The molecule has 3 aromatic heterocycles. The van der Waals surface area contributed by atoms with E-state index in [0.29, 0.717) is 5.82 Å². The highest BCUT2D eigenvalue weighted by molar-refractivity contribution is 7.11. The topological polar surface area (TPSA) is 92.5 Å². The second kappa shape index (κ2) is 5.30. The number of nitrogens with two attached hydrogens (primary N) is 1. The van der Waals surface area contributed by atoms with Gasteiger partial charge in [0.05, 0.1) is 11.6 Å². The largest absolute Gasteiger partial charge is 0.382 e. The Labute approximate surface area is 120 Å². The van der Waals surface area contributed by atoms with Crippen LogP contribution in [0.5, 0.6) is 0 Å². The monoisotopic (exact) mass is 286 g/mol. The molecule has 0 fully saturated rings. The quantitative estimate of drug-likeness (QED) is 0.685. The number of imidazole rings is 1. The summed E-state index contributed by atoms with van der Waals surface area (Å²) in [6.45, 7) is 2.03. The molecule has 4 N–H and O–H groups in total. The molecule has 1 unspecified atom stereocenters. The van der Waals surface area contributed by atoms with Gasteiger partial charge in [-0.15, -0.1) is 0 Å². The highest BCUT2D eigenvalue weighted by Crippen LogP contribution is 2.37. The number of hydrogen-bond donors (Lipinski definition) is 3. The summed E-state index contributed by atoms with van der Waals surface area (Å²) < 4.78 is 4.23. The van der Waals surface area contributed by atoms with Gasteiger partial charge in [0.1, 0.15) is 16.6 Å². The molecule has 20 heavy (non-hydrogen) atoms. The number of pyridine rings is 1. The molecule has 0 aromatic carbocycles. The fourth-order valence-electron chi connectivity index (χ4n) is 1.98. The molecule has 7 heteroatoms. The molecular weight excluding hydrogens is 272 g/mol. The minimum absolute atomic E-state index is 0.0467. The van der Waals surface area contributed by atoms with E-state index in [9.17, 15) is 0 Å². The summed E-state index contributed by atoms with van der Waals surface area (Å²) in [5, 5.41) is 4.32. The third kappa shape index (κ3) is 2.35. The molecule has 0 bridgehead atoms. The van der Waals surface area contributed by atoms with E-state index in [0.717, 1.165) is 22.0 Å². The van der Waals surface area contributed by atoms with Crippen molar-refractivity contribution in [1.82, 2.24) is 19.3 Å². The maximum Gasteiger partial charge on any atom is 0.147 e. The standard InChI is InChI=1S/C13H14N6S/c1-8(12-16-6-7-17-12)18-13-10(11(14)19-20-13)9-2-4-15-5-3-9/h2-8,18H,1H3,(H2,14,19)(H,16,17). The summed E-state index contributed by atoms with van der Waals surface area (Å²) >= 11 is 1.35. The van der Waals surface area contributed by atoms with Crippen LogP contribution in [0.25, 0.3) is 11.1 Å². The van der Waals surface area contributed by atoms with E-state index in [1.165, 1.54) is 11.5 Å². The Bertz CT molecular complexity index is 676. The molecule has 0 amide bonds. The fraction of sp³-hybridized carbons (Fsp3) is 0.154. The number of nitrogens with one attached hydrogen (secondary N) is 2. The van der Waals surface area contributed by atoms with E-state index < -0.39 is 0 Å². The molecule has 0 saturated carbocycles. The molecule has 0 aliphatic carbocycles. The van der Waals surface area contributed by atoms with Gasteiger partial charge in [0.25, 0.3) is 0 Å². The van der Waals surface area contributed by atoms with Crippen molar-refractivity contribution < 1.29 is 0 Å². The van der Waals surface area contributed by atoms with Crippen LogP contribution in [0.1, 0.15) is 18.8 Å². The van der Waals surface area contributed by atoms with Crippen LogP contribution in [0, 0.1) is 0 Å². The minimum atomic E-state index is 0.0467. The van der Waals surface area contributed by atoms with Gasteiger partial charge in [0.2, 0.25) is 0 Å². The van der Waals surface area contributed by atoms with Crippen LogP contribution in [-0.4, -0.2) is 19.3 Å². The lowest BCUT2D eigenvalue weighted by Crippen LogP contribution is -2.08. The van der Waals surface area contributed by atoms with Crippen LogP contribution in [0.4, 0.5) is 10.8 Å². The average molecular weight is 286 g/mol. The van der Waals surface area contributed by atoms with E-state index >= 15 is 0 Å². The minimum Gasteiger partial charge on any atom is -0.382 e. The molecule has 0 spiro atoms. The van der Waals surface area contributed by atoms with Crippen molar-refractivity contribution in [3.63, 3.8) is 0 Å². The van der Waals surface area contributed by atoms with Gasteiger partial charge in [-0.3, -0.25) is 4.98 Å². The number of hydrogen-bond acceptors (Lipinski definition) is 6. The highest BCUT2D eigenvalue weighted by Gasteiger charge is 2.16. The summed E-state index contributed by atoms with van der Waals surface area (Å²) in [7, 11) is 0. The Kier molecular flexibility index (Phi) is 3.34. The second-order valence-electron chi connectivity index (χ2n) is 4.35. The third-order valence-corrected chi connectivity index (χ3v) is 3.76. The van der Waals surface area contributed by atoms with Crippen molar-refractivity contribution in [2.45, 2.75) is 13.0 Å². The van der Waals surface area contributed by atoms with Crippen molar-refractivity contribution in [3.05, 3.63) is 42.7 Å². The molecular formula is C13H14N6S. The fourth-order valence-corrected chi connectivity index (χ4v) is 2.80. The molecule has 0 aliphatic heterocycles. The summed E-state index contributed by atoms with van der Waals surface area (Å²) in [5.74, 6) is 1.40. The van der Waals surface area contributed by atoms with Crippen LogP contribution >= 0.6 is 11.5 Å². The first-order valence-corrected chi connectivity index (χ1v) is 6.94. The zero-order valence-electron chi connectivity index (χ0n) is 10.9. The summed E-state index contributed by atoms with van der Waals surface area (Å²) in [6.07, 6.45) is 7.02. The van der Waals surface area contributed by atoms with Crippen LogP contribution in [0.3, 0.4) is 0 Å². The Balaban J connectivity index is 1.92. The van der Waals surface area contributed by atoms with Crippen molar-refractivity contribution >= 4 is 22.4 Å². The Morgan fingerprint density at radius 1 is 1.30 bits per heavy atom. The Morgan fingerprint density at radius 3 is 2.80 bits per heavy atom. The average Bonchev–Trinajstić information content (AvgIpc) is 3.10. The summed E-state index contributed by atoms with van der Waals surface area (Å²) in [6, 6.07) is 3.89. The lowest BCUT2D eigenvalue weighted by atomic mass is 10.1. The molecule has 3 rings (SSSR count). The third-order valence-electron chi connectivity index (χ3n) is 2.96. The molecule has 6 nitrogen and oxygen atoms in total. The molecule has 0 aliphatic rings. The number of nitrogen functional groups attached to an aromatic ring is 1. The Morgan fingerprint density at radius 2 is 2.10 bits per heavy atom. The number of anilines is 2. The van der Waals surface area contributed by atoms with Gasteiger partial charge in [0.15, 0.2) is 0 Å². The number of nitrogens with zero attached hydrogens (tertiary/aromatic N) is 3. The van der Waals surface area contributed by atoms with E-state index in [-0.39, 0.29) is 6.04 Å². The lowest BCUT2D eigenvalue weighted by Gasteiger charge is -2.12. The van der Waals surface area contributed by atoms with Crippen LogP contribution in [-0.2, 0) is 0 Å². The van der Waals surface area contributed by atoms with Gasteiger partial charge in [0, 0.05) is 24.8 Å². The predicted molar refractivity (Wildman–Crippen MR) is 80.4 cm³/mol. The summed E-state index contributed by atoms with van der Waals surface area (Å²) in [4.78, 5) is 11.4. The van der Waals surface area contributed by atoms with Gasteiger partial charge in [-0.25, -0.2) is 4.98 Å². The normalized spacial score (nSPS) is 12.2. The molecule has 0 saturated heterocycles. The second-order valence-corrected chi connectivity index (χ2v) is 5.12. The van der Waals surface area contributed by atoms with Crippen molar-refractivity contribution in [2.75, 3.05) is 11.1 Å². The van der Waals surface area contributed by atoms with E-state index in [2.05, 4.69) is 24.6 Å². The number of aromatic amines is 1. The van der Waals surface area contributed by atoms with Crippen LogP contribution in [0.2, 0.25) is 0 Å². The van der Waals surface area contributed by atoms with E-state index in [4.69, 9.17) is 5.73 Å². The van der Waals surface area contributed by atoms with Gasteiger partial charge >= 0.3 is 0 Å². The first kappa shape index (κ1) is 12.6. The molecule has 3 aromatic rings. The Hall–Kier alpha value is -2.41. The van der Waals surface area contributed by atoms with Crippen molar-refractivity contribution in [3.8, 4) is 11.1 Å². The van der Waals surface area contributed by atoms with Crippen LogP contribution < -0.4 is 11.1 Å². The van der Waals surface area contributed by atoms with Gasteiger partial charge < -0.3 is 16.0 Å². The molecule has 0 radical (unpaired) electrons. The maximum absolute atomic E-state index is 5.98. The van der Waals surface area contributed by atoms with Crippen molar-refractivity contribution in [1.29, 1.82) is 0 Å². The number of aromatic nitrogens is 4. The number of H-pyrrole nitrogens is 1. The molecule has 1 atom stereocenters. The highest BCUT2D eigenvalue weighted by atomic mass is 32.1. The first-order chi connectivity index (χ1) is 9.75. The predicted octanol–water partition coefficient (Wildman–Crippen LogP) is 2.68. The van der Waals surface area contributed by atoms with Crippen molar-refractivity contribution in [2.24, 2.45) is 0 Å². The lowest BCUT2D eigenvalue weighted by molar-refractivity contribution is 0.813. The van der Waals surface area contributed by atoms with E-state index in [1.54, 1.807) is 24.8 Å². The molecule has 102 valence electrons. The SMILES string of the molecule is CC(Nc1snc(N)c1-c1ccncc1)c1ncc[nH]1. The van der Waals surface area contributed by atoms with Gasteiger partial charge in [-0.1, -0.05) is 0 Å². The van der Waals surface area contributed by atoms with Gasteiger partial charge in [-0.05, 0) is 36.2 Å². The first-order valence-electron chi connectivity index (χ1n) is 6.17. The van der Waals surface area contributed by atoms with E-state index in [1.807, 2.05) is 19.1 Å². The van der Waals surface area contributed by atoms with Crippen LogP contribution in [0.15, 0.2) is 36.9 Å². The zero-order chi connectivity index (χ0) is 13.9. The smallest absolute Gasteiger partial charge is 0.147 e. The summed E-state index contributed by atoms with van der Waals surface area (Å²) in [5.41, 5.74) is 7.90. The van der Waals surface area contributed by atoms with Gasteiger partial charge in [-0.2, -0.15) is 4.37 Å². The maximum atomic E-state index is 5.98.